The maximum Gasteiger partial charge on any atom is 0.0930 e. The van der Waals surface area contributed by atoms with Crippen LogP contribution in [0.2, 0.25) is 0 Å². The molecule has 0 aromatic carbocycles. The number of hydrazone groups is 1. The highest BCUT2D eigenvalue weighted by Crippen LogP contribution is 2.15. The maximum absolute atomic E-state index is 5.30. The molecule has 0 spiro atoms. The van der Waals surface area contributed by atoms with Gasteiger partial charge in [0, 0.05) is 22.4 Å². The van der Waals surface area contributed by atoms with Crippen molar-refractivity contribution in [3.63, 3.8) is 0 Å². The SMILES string of the molecule is CCC1CCCO1.CCc1cc(/C(C)=N/NC(C)=S)cs1. The van der Waals surface area contributed by atoms with Crippen LogP contribution in [-0.4, -0.2) is 23.4 Å². The molecule has 1 aromatic heterocycles. The van der Waals surface area contributed by atoms with E-state index in [9.17, 15) is 0 Å². The first-order chi connectivity index (χ1) is 10.1. The summed E-state index contributed by atoms with van der Waals surface area (Å²) < 4.78 is 5.30. The molecule has 5 heteroatoms. The first kappa shape index (κ1) is 18.3. The van der Waals surface area contributed by atoms with E-state index in [1.165, 1.54) is 29.7 Å². The van der Waals surface area contributed by atoms with Crippen LogP contribution in [0.1, 0.15) is 57.4 Å². The van der Waals surface area contributed by atoms with Crippen LogP contribution in [0.15, 0.2) is 16.5 Å². The molecule has 0 amide bonds. The van der Waals surface area contributed by atoms with E-state index in [0.717, 1.165) is 18.7 Å². The summed E-state index contributed by atoms with van der Waals surface area (Å²) >= 11 is 6.65. The second-order valence-electron chi connectivity index (χ2n) is 5.06. The van der Waals surface area contributed by atoms with Gasteiger partial charge in [0.05, 0.1) is 16.8 Å². The lowest BCUT2D eigenvalue weighted by molar-refractivity contribution is 0.108. The third-order valence-electron chi connectivity index (χ3n) is 3.28. The number of aryl methyl sites for hydroxylation is 1. The molecule has 1 atom stereocenters. The molecule has 118 valence electrons. The Balaban J connectivity index is 0.000000262. The number of hydrogen-bond acceptors (Lipinski definition) is 4. The standard InChI is InChI=1S/C10H14N2S2.C6H12O/c1-4-10-5-9(6-14-10)7(2)11-12-8(3)13;1-2-6-4-3-5-7-6/h5-6H,4H2,1-3H3,(H,12,13);6H,2-5H2,1H3/b11-7+;. The Morgan fingerprint density at radius 1 is 1.48 bits per heavy atom. The van der Waals surface area contributed by atoms with E-state index in [4.69, 9.17) is 17.0 Å². The van der Waals surface area contributed by atoms with E-state index >= 15 is 0 Å². The molecule has 1 aliphatic heterocycles. The molecule has 1 N–H and O–H groups in total. The average molecular weight is 327 g/mol. The minimum atomic E-state index is 0.597. The predicted octanol–water partition coefficient (Wildman–Crippen LogP) is 4.55. The lowest BCUT2D eigenvalue weighted by atomic mass is 10.2. The molecule has 1 aliphatic rings. The summed E-state index contributed by atoms with van der Waals surface area (Å²) in [5.74, 6) is 0. The molecule has 1 aromatic rings. The van der Waals surface area contributed by atoms with Gasteiger partial charge in [-0.3, -0.25) is 5.43 Å². The van der Waals surface area contributed by atoms with Crippen LogP contribution >= 0.6 is 23.6 Å². The smallest absolute Gasteiger partial charge is 0.0930 e. The third kappa shape index (κ3) is 7.16. The Hall–Kier alpha value is -0.780. The van der Waals surface area contributed by atoms with Gasteiger partial charge in [0.2, 0.25) is 0 Å². The fraction of sp³-hybridized carbons (Fsp3) is 0.625. The van der Waals surface area contributed by atoms with Gasteiger partial charge in [-0.25, -0.2) is 0 Å². The lowest BCUT2D eigenvalue weighted by Crippen LogP contribution is -2.12. The van der Waals surface area contributed by atoms with Gasteiger partial charge in [0.1, 0.15) is 0 Å². The molecule has 1 saturated heterocycles. The molecule has 0 radical (unpaired) electrons. The zero-order valence-electron chi connectivity index (χ0n) is 13.4. The van der Waals surface area contributed by atoms with Crippen LogP contribution in [0.25, 0.3) is 0 Å². The number of rotatable bonds is 4. The number of thiocarbonyl (C=S) groups is 1. The molecule has 0 aliphatic carbocycles. The van der Waals surface area contributed by atoms with Gasteiger partial charge in [-0.2, -0.15) is 5.10 Å². The molecule has 2 rings (SSSR count). The highest BCUT2D eigenvalue weighted by Gasteiger charge is 2.11. The van der Waals surface area contributed by atoms with Crippen molar-refractivity contribution < 1.29 is 4.74 Å². The Kier molecular flexibility index (Phi) is 8.73. The summed E-state index contributed by atoms with van der Waals surface area (Å²) in [4.78, 5) is 2.07. The highest BCUT2D eigenvalue weighted by atomic mass is 32.1. The third-order valence-corrected chi connectivity index (χ3v) is 4.45. The Morgan fingerprint density at radius 3 is 2.67 bits per heavy atom. The molecule has 21 heavy (non-hydrogen) atoms. The second-order valence-corrected chi connectivity index (χ2v) is 6.67. The van der Waals surface area contributed by atoms with Gasteiger partial charge in [0.15, 0.2) is 0 Å². The van der Waals surface area contributed by atoms with Gasteiger partial charge in [0.25, 0.3) is 0 Å². The fourth-order valence-electron chi connectivity index (χ4n) is 1.95. The molecular formula is C16H26N2OS2. The zero-order chi connectivity index (χ0) is 15.7. The molecular weight excluding hydrogens is 300 g/mol. The van der Waals surface area contributed by atoms with Crippen molar-refractivity contribution >= 4 is 34.3 Å². The van der Waals surface area contributed by atoms with Crippen LogP contribution in [0.3, 0.4) is 0 Å². The van der Waals surface area contributed by atoms with Crippen molar-refractivity contribution in [2.45, 2.75) is 59.5 Å². The number of nitrogens with zero attached hydrogens (tertiary/aromatic N) is 1. The van der Waals surface area contributed by atoms with Crippen LogP contribution < -0.4 is 5.43 Å². The van der Waals surface area contributed by atoms with Crippen molar-refractivity contribution in [2.75, 3.05) is 6.61 Å². The number of thiophene rings is 1. The Labute approximate surface area is 137 Å². The van der Waals surface area contributed by atoms with Crippen molar-refractivity contribution in [3.05, 3.63) is 21.9 Å². The van der Waals surface area contributed by atoms with E-state index in [-0.39, 0.29) is 0 Å². The molecule has 1 unspecified atom stereocenters. The molecule has 2 heterocycles. The van der Waals surface area contributed by atoms with Gasteiger partial charge in [-0.1, -0.05) is 26.1 Å². The number of nitrogens with one attached hydrogen (secondary N) is 1. The number of ether oxygens (including phenoxy) is 1. The van der Waals surface area contributed by atoms with Crippen molar-refractivity contribution in [1.82, 2.24) is 5.43 Å². The molecule has 0 saturated carbocycles. The Bertz CT molecular complexity index is 463. The Morgan fingerprint density at radius 2 is 2.24 bits per heavy atom. The second kappa shape index (κ2) is 10.0. The summed E-state index contributed by atoms with van der Waals surface area (Å²) in [6.45, 7) is 9.12. The summed E-state index contributed by atoms with van der Waals surface area (Å²) in [5, 5.41) is 6.30. The molecule has 0 bridgehead atoms. The minimum Gasteiger partial charge on any atom is -0.378 e. The first-order valence-electron chi connectivity index (χ1n) is 7.57. The van der Waals surface area contributed by atoms with Crippen molar-refractivity contribution in [3.8, 4) is 0 Å². The van der Waals surface area contributed by atoms with E-state index in [2.05, 4.69) is 35.8 Å². The largest absolute Gasteiger partial charge is 0.378 e. The number of hydrogen-bond donors (Lipinski definition) is 1. The summed E-state index contributed by atoms with van der Waals surface area (Å²) in [6.07, 6.45) is 5.44. The van der Waals surface area contributed by atoms with E-state index in [1.54, 1.807) is 11.3 Å². The molecule has 1 fully saturated rings. The topological polar surface area (TPSA) is 33.6 Å². The highest BCUT2D eigenvalue weighted by molar-refractivity contribution is 7.80. The summed E-state index contributed by atoms with van der Waals surface area (Å²) in [7, 11) is 0. The summed E-state index contributed by atoms with van der Waals surface area (Å²) in [5.41, 5.74) is 4.95. The van der Waals surface area contributed by atoms with Crippen LogP contribution in [-0.2, 0) is 11.2 Å². The normalized spacial score (nSPS) is 18.1. The monoisotopic (exact) mass is 326 g/mol. The predicted molar refractivity (Wildman–Crippen MR) is 96.6 cm³/mol. The van der Waals surface area contributed by atoms with Crippen molar-refractivity contribution in [1.29, 1.82) is 0 Å². The van der Waals surface area contributed by atoms with E-state index in [0.29, 0.717) is 11.1 Å². The van der Waals surface area contributed by atoms with Gasteiger partial charge in [-0.05, 0) is 45.6 Å². The van der Waals surface area contributed by atoms with Crippen molar-refractivity contribution in [2.24, 2.45) is 5.10 Å². The minimum absolute atomic E-state index is 0.597. The maximum atomic E-state index is 5.30. The average Bonchev–Trinajstić information content (AvgIpc) is 3.15. The summed E-state index contributed by atoms with van der Waals surface area (Å²) in [6, 6.07) is 2.17. The van der Waals surface area contributed by atoms with E-state index < -0.39 is 0 Å². The fourth-order valence-corrected chi connectivity index (χ4v) is 2.87. The van der Waals surface area contributed by atoms with Crippen LogP contribution in [0.4, 0.5) is 0 Å². The van der Waals surface area contributed by atoms with Gasteiger partial charge in [-0.15, -0.1) is 11.3 Å². The van der Waals surface area contributed by atoms with E-state index in [1.807, 2.05) is 13.8 Å². The first-order valence-corrected chi connectivity index (χ1v) is 8.85. The van der Waals surface area contributed by atoms with Gasteiger partial charge < -0.3 is 4.74 Å². The van der Waals surface area contributed by atoms with Crippen LogP contribution in [0, 0.1) is 0 Å². The zero-order valence-corrected chi connectivity index (χ0v) is 15.1. The van der Waals surface area contributed by atoms with Crippen LogP contribution in [0.5, 0.6) is 0 Å². The van der Waals surface area contributed by atoms with Gasteiger partial charge >= 0.3 is 0 Å². The quantitative estimate of drug-likeness (QED) is 0.501. The lowest BCUT2D eigenvalue weighted by Gasteiger charge is -2.01. The molecule has 3 nitrogen and oxygen atoms in total.